The van der Waals surface area contributed by atoms with E-state index in [0.717, 1.165) is 47.5 Å². The van der Waals surface area contributed by atoms with Crippen LogP contribution >= 0.6 is 0 Å². The Morgan fingerprint density at radius 1 is 1.00 bits per heavy atom. The number of carbonyl (C=O) groups is 1. The van der Waals surface area contributed by atoms with Crippen molar-refractivity contribution in [3.05, 3.63) is 47.5 Å². The van der Waals surface area contributed by atoms with Crippen LogP contribution in [0.15, 0.2) is 42.0 Å². The van der Waals surface area contributed by atoms with Crippen LogP contribution < -0.4 is 5.32 Å². The molecule has 39 heavy (non-hydrogen) atoms. The summed E-state index contributed by atoms with van der Waals surface area (Å²) in [5, 5.41) is 3.86. The average molecular weight is 532 g/mol. The molecule has 0 spiro atoms. The summed E-state index contributed by atoms with van der Waals surface area (Å²) in [6.07, 6.45) is 17.5. The van der Waals surface area contributed by atoms with Gasteiger partial charge in [-0.25, -0.2) is 0 Å². The second-order valence-corrected chi connectivity index (χ2v) is 15.4. The van der Waals surface area contributed by atoms with E-state index in [0.29, 0.717) is 16.9 Å². The molecule has 216 valence electrons. The number of hydrogen-bond donors (Lipinski definition) is 1. The number of nitrogens with one attached hydrogen (secondary N) is 1. The third-order valence-corrected chi connectivity index (χ3v) is 12.9. The molecule has 2 heteroatoms. The molecule has 3 fully saturated rings. The number of Topliss-reactive ketones (excluding diaryl/α,β-unsaturated/α-hetero) is 1. The number of carbonyl (C=O) groups excluding carboxylic acids is 1. The highest BCUT2D eigenvalue weighted by Crippen LogP contribution is 2.67. The maximum Gasteiger partial charge on any atom is 0.154 e. The highest BCUT2D eigenvalue weighted by molar-refractivity contribution is 5.87. The molecule has 0 radical (unpaired) electrons. The zero-order valence-corrected chi connectivity index (χ0v) is 26.2. The maximum atomic E-state index is 12.9. The van der Waals surface area contributed by atoms with Crippen molar-refractivity contribution in [2.45, 2.75) is 131 Å². The van der Waals surface area contributed by atoms with Crippen LogP contribution in [0.3, 0.4) is 0 Å². The van der Waals surface area contributed by atoms with Crippen molar-refractivity contribution in [1.82, 2.24) is 5.32 Å². The van der Waals surface area contributed by atoms with E-state index >= 15 is 0 Å². The van der Waals surface area contributed by atoms with E-state index in [2.05, 4.69) is 77.2 Å². The Bertz CT molecular complexity index is 1040. The van der Waals surface area contributed by atoms with E-state index in [4.69, 9.17) is 0 Å². The molecular weight excluding hydrogens is 474 g/mol. The molecule has 5 rings (SSSR count). The van der Waals surface area contributed by atoms with Gasteiger partial charge in [0.25, 0.3) is 0 Å². The van der Waals surface area contributed by atoms with Gasteiger partial charge in [-0.2, -0.15) is 0 Å². The summed E-state index contributed by atoms with van der Waals surface area (Å²) in [6, 6.07) is 10.7. The van der Waals surface area contributed by atoms with Gasteiger partial charge in [-0.1, -0.05) is 95.9 Å². The standard InChI is InChI=1S/C37H57NO/c1-25(2)12-11-13-26(3)32-18-19-33-31-17-16-29-24-30(20-22-35(29,5)34(31)21-23-36(32,33)6)38-37(7,27(4)39)28-14-9-8-10-15-28/h8-10,14-16,25-26,30-34,38H,11-13,17-24H2,1-7H3/t26-,30+,31+,32-,33+,34+,35+,36-,37?/m1/s1. The van der Waals surface area contributed by atoms with Gasteiger partial charge < -0.3 is 0 Å². The third kappa shape index (κ3) is 5.22. The smallest absolute Gasteiger partial charge is 0.154 e. The van der Waals surface area contributed by atoms with Crippen LogP contribution in [0.25, 0.3) is 0 Å². The Morgan fingerprint density at radius 3 is 2.44 bits per heavy atom. The van der Waals surface area contributed by atoms with Crippen molar-refractivity contribution < 1.29 is 4.79 Å². The molecule has 1 unspecified atom stereocenters. The lowest BCUT2D eigenvalue weighted by Crippen LogP contribution is -2.55. The van der Waals surface area contributed by atoms with Gasteiger partial charge in [-0.05, 0) is 117 Å². The van der Waals surface area contributed by atoms with Crippen molar-refractivity contribution in [1.29, 1.82) is 0 Å². The topological polar surface area (TPSA) is 29.1 Å². The number of ketones is 1. The fourth-order valence-corrected chi connectivity index (χ4v) is 10.4. The van der Waals surface area contributed by atoms with Crippen molar-refractivity contribution in [2.24, 2.45) is 46.3 Å². The summed E-state index contributed by atoms with van der Waals surface area (Å²) in [7, 11) is 0. The van der Waals surface area contributed by atoms with Gasteiger partial charge in [0.15, 0.2) is 5.78 Å². The van der Waals surface area contributed by atoms with Gasteiger partial charge in [0.05, 0.1) is 5.54 Å². The second kappa shape index (κ2) is 11.1. The highest BCUT2D eigenvalue weighted by atomic mass is 16.1. The minimum Gasteiger partial charge on any atom is -0.298 e. The fourth-order valence-electron chi connectivity index (χ4n) is 10.4. The molecule has 0 amide bonds. The largest absolute Gasteiger partial charge is 0.298 e. The minimum absolute atomic E-state index is 0.209. The highest BCUT2D eigenvalue weighted by Gasteiger charge is 2.59. The molecule has 0 bridgehead atoms. The van der Waals surface area contributed by atoms with E-state index in [1.807, 2.05) is 6.07 Å². The molecule has 0 aliphatic heterocycles. The Balaban J connectivity index is 1.29. The summed E-state index contributed by atoms with van der Waals surface area (Å²) >= 11 is 0. The molecule has 2 nitrogen and oxygen atoms in total. The van der Waals surface area contributed by atoms with Crippen LogP contribution in [-0.4, -0.2) is 11.8 Å². The predicted octanol–water partition coefficient (Wildman–Crippen LogP) is 9.49. The van der Waals surface area contributed by atoms with E-state index in [1.165, 1.54) is 64.2 Å². The number of benzene rings is 1. The molecule has 1 aromatic carbocycles. The number of allylic oxidation sites excluding steroid dienone is 1. The first-order valence-electron chi connectivity index (χ1n) is 16.5. The lowest BCUT2D eigenvalue weighted by atomic mass is 9.47. The second-order valence-electron chi connectivity index (χ2n) is 15.4. The van der Waals surface area contributed by atoms with Crippen molar-refractivity contribution in [2.75, 3.05) is 0 Å². The van der Waals surface area contributed by atoms with Gasteiger partial charge in [0, 0.05) is 6.04 Å². The molecule has 9 atom stereocenters. The SMILES string of the molecule is CC(=O)C(C)(N[C@H]1CC[C@@]2(C)C(=CC[C@H]3[C@@H]4CC[C@H]([C@H](C)CCCC(C)C)[C@@]4(C)CC[C@@H]32)C1)c1ccccc1. The average Bonchev–Trinajstić information content (AvgIpc) is 3.26. The lowest BCUT2D eigenvalue weighted by molar-refractivity contribution is -0.123. The molecule has 1 N–H and O–H groups in total. The Hall–Kier alpha value is -1.41. The summed E-state index contributed by atoms with van der Waals surface area (Å²) < 4.78 is 0. The third-order valence-electron chi connectivity index (χ3n) is 12.9. The van der Waals surface area contributed by atoms with Crippen LogP contribution in [0, 0.1) is 46.3 Å². The van der Waals surface area contributed by atoms with Crippen LogP contribution in [-0.2, 0) is 10.3 Å². The van der Waals surface area contributed by atoms with Crippen molar-refractivity contribution in [3.8, 4) is 0 Å². The zero-order chi connectivity index (χ0) is 28.0. The summed E-state index contributed by atoms with van der Waals surface area (Å²) in [5.41, 5.74) is 3.08. The first-order valence-corrected chi connectivity index (χ1v) is 16.5. The van der Waals surface area contributed by atoms with Crippen molar-refractivity contribution >= 4 is 5.78 Å². The van der Waals surface area contributed by atoms with Gasteiger partial charge >= 0.3 is 0 Å². The quantitative estimate of drug-likeness (QED) is 0.321. The number of fused-ring (bicyclic) bond motifs is 5. The number of hydrogen-bond acceptors (Lipinski definition) is 2. The first-order chi connectivity index (χ1) is 18.5. The Morgan fingerprint density at radius 2 is 1.74 bits per heavy atom. The van der Waals surface area contributed by atoms with Crippen LogP contribution in [0.2, 0.25) is 0 Å². The van der Waals surface area contributed by atoms with E-state index in [1.54, 1.807) is 12.5 Å². The van der Waals surface area contributed by atoms with Gasteiger partial charge in [0.1, 0.15) is 0 Å². The molecule has 3 saturated carbocycles. The molecule has 4 aliphatic rings. The molecule has 1 aromatic rings. The first kappa shape index (κ1) is 29.1. The molecule has 0 aromatic heterocycles. The molecular formula is C37H57NO. The zero-order valence-electron chi connectivity index (χ0n) is 26.2. The molecule has 0 heterocycles. The fraction of sp³-hybridized carbons (Fsp3) is 0.757. The lowest BCUT2D eigenvalue weighted by Gasteiger charge is -2.59. The number of rotatable bonds is 9. The Labute approximate surface area is 240 Å². The summed E-state index contributed by atoms with van der Waals surface area (Å²) in [4.78, 5) is 12.9. The molecule has 4 aliphatic carbocycles. The van der Waals surface area contributed by atoms with Gasteiger partial charge in [-0.3, -0.25) is 10.1 Å². The maximum absolute atomic E-state index is 12.9. The van der Waals surface area contributed by atoms with Gasteiger partial charge in [0.2, 0.25) is 0 Å². The van der Waals surface area contributed by atoms with E-state index in [9.17, 15) is 4.79 Å². The molecule has 0 saturated heterocycles. The predicted molar refractivity (Wildman–Crippen MR) is 164 cm³/mol. The van der Waals surface area contributed by atoms with Crippen LogP contribution in [0.5, 0.6) is 0 Å². The van der Waals surface area contributed by atoms with Crippen LogP contribution in [0.4, 0.5) is 0 Å². The normalized spacial score (nSPS) is 38.3. The summed E-state index contributed by atoms with van der Waals surface area (Å²) in [6.45, 7) is 16.5. The van der Waals surface area contributed by atoms with Crippen LogP contribution in [0.1, 0.15) is 125 Å². The van der Waals surface area contributed by atoms with Gasteiger partial charge in [-0.15, -0.1) is 0 Å². The minimum atomic E-state index is -0.616. The Kier molecular flexibility index (Phi) is 8.29. The van der Waals surface area contributed by atoms with Crippen molar-refractivity contribution in [3.63, 3.8) is 0 Å². The van der Waals surface area contributed by atoms with E-state index < -0.39 is 5.54 Å². The summed E-state index contributed by atoms with van der Waals surface area (Å²) in [5.74, 6) is 5.49. The van der Waals surface area contributed by atoms with E-state index in [-0.39, 0.29) is 5.78 Å². The monoisotopic (exact) mass is 531 g/mol.